The molecule has 3 rings (SSSR count). The molecule has 0 aliphatic heterocycles. The molecule has 0 saturated heterocycles. The van der Waals surface area contributed by atoms with Crippen LogP contribution in [0.5, 0.6) is 0 Å². The van der Waals surface area contributed by atoms with E-state index < -0.39 is 0 Å². The van der Waals surface area contributed by atoms with Crippen LogP contribution in [0.4, 0.5) is 0 Å². The van der Waals surface area contributed by atoms with E-state index in [1.54, 1.807) is 0 Å². The molecule has 2 aromatic heterocycles. The summed E-state index contributed by atoms with van der Waals surface area (Å²) >= 11 is 1.82. The Hall–Kier alpha value is -1.05. The maximum absolute atomic E-state index is 4.58. The fourth-order valence-corrected chi connectivity index (χ4v) is 1.96. The number of pyridine rings is 2. The van der Waals surface area contributed by atoms with E-state index in [9.17, 15) is 0 Å². The number of aryl methyl sites for hydroxylation is 2. The van der Waals surface area contributed by atoms with Gasteiger partial charge in [0.15, 0.2) is 0 Å². The summed E-state index contributed by atoms with van der Waals surface area (Å²) in [6.07, 6.45) is 0. The Balaban J connectivity index is 0.000000576. The van der Waals surface area contributed by atoms with Crippen LogP contribution in [0.25, 0.3) is 21.8 Å². The summed E-state index contributed by atoms with van der Waals surface area (Å²) in [6.45, 7) is 4.02. The van der Waals surface area contributed by atoms with Crippen molar-refractivity contribution in [2.75, 3.05) is 0 Å². The fourth-order valence-electron chi connectivity index (χ4n) is 1.96. The number of benzene rings is 1. The van der Waals surface area contributed by atoms with Crippen LogP contribution >= 0.6 is 9.69 Å². The Morgan fingerprint density at radius 3 is 1.42 bits per heavy atom. The molecule has 2 nitrogen and oxygen atoms in total. The van der Waals surface area contributed by atoms with Crippen LogP contribution in [0.3, 0.4) is 0 Å². The van der Waals surface area contributed by atoms with Gasteiger partial charge in [-0.15, -0.1) is 0 Å². The van der Waals surface area contributed by atoms with Crippen LogP contribution in [0.1, 0.15) is 11.4 Å². The quantitative estimate of drug-likeness (QED) is 0.334. The van der Waals surface area contributed by atoms with Crippen molar-refractivity contribution in [1.82, 2.24) is 9.97 Å². The van der Waals surface area contributed by atoms with Crippen molar-refractivity contribution in [2.45, 2.75) is 13.8 Å². The van der Waals surface area contributed by atoms with Crippen LogP contribution in [0, 0.1) is 21.3 Å². The van der Waals surface area contributed by atoms with Gasteiger partial charge in [-0.05, 0) is 26.0 Å². The van der Waals surface area contributed by atoms with E-state index >= 15 is 0 Å². The predicted molar refractivity (Wildman–Crippen MR) is 78.8 cm³/mol. The number of halogens is 1. The van der Waals surface area contributed by atoms with Crippen LogP contribution in [0.15, 0.2) is 36.4 Å². The van der Waals surface area contributed by atoms with E-state index in [0.717, 1.165) is 33.2 Å². The molecule has 0 spiro atoms. The molecule has 0 fully saturated rings. The summed E-state index contributed by atoms with van der Waals surface area (Å²) < 4.78 is 0. The van der Waals surface area contributed by atoms with E-state index in [4.69, 9.17) is 0 Å². The van der Waals surface area contributed by atoms with Gasteiger partial charge in [0, 0.05) is 22.2 Å². The Morgan fingerprint density at radius 2 is 1.05 bits per heavy atom. The molecule has 4 heteroatoms. The van der Waals surface area contributed by atoms with E-state index in [-0.39, 0.29) is 7.43 Å². The fraction of sp³-hybridized carbons (Fsp3) is 0.133. The first kappa shape index (κ1) is 16.0. The van der Waals surface area contributed by atoms with Crippen molar-refractivity contribution < 1.29 is 17.3 Å². The van der Waals surface area contributed by atoms with Crippen molar-refractivity contribution in [3.05, 3.63) is 55.2 Å². The number of fused-ring (bicyclic) bond motifs is 3. The summed E-state index contributed by atoms with van der Waals surface area (Å²) in [5, 5.41) is 2.30. The third-order valence-corrected chi connectivity index (χ3v) is 2.80. The van der Waals surface area contributed by atoms with Gasteiger partial charge in [-0.3, -0.25) is 9.97 Å². The average Bonchev–Trinajstić information content (AvgIpc) is 2.41. The maximum atomic E-state index is 4.58. The van der Waals surface area contributed by atoms with Gasteiger partial charge in [-0.2, -0.15) is 0 Å². The second-order valence-electron chi connectivity index (χ2n) is 4.11. The molecule has 19 heavy (non-hydrogen) atoms. The Labute approximate surface area is 127 Å². The van der Waals surface area contributed by atoms with Gasteiger partial charge in [-0.1, -0.05) is 24.3 Å². The summed E-state index contributed by atoms with van der Waals surface area (Å²) in [5.74, 6) is 0. The van der Waals surface area contributed by atoms with Crippen molar-refractivity contribution in [2.24, 2.45) is 0 Å². The summed E-state index contributed by atoms with van der Waals surface area (Å²) in [6, 6.07) is 12.5. The minimum atomic E-state index is 0. The molecule has 0 radical (unpaired) electrons. The zero-order valence-electron chi connectivity index (χ0n) is 11.1. The van der Waals surface area contributed by atoms with E-state index in [1.165, 1.54) is 0 Å². The van der Waals surface area contributed by atoms with E-state index in [0.29, 0.717) is 0 Å². The van der Waals surface area contributed by atoms with Crippen molar-refractivity contribution in [3.63, 3.8) is 0 Å². The number of hydrogen-bond donors (Lipinski definition) is 0. The first-order chi connectivity index (χ1) is 8.74. The molecule has 3 aromatic rings. The van der Waals surface area contributed by atoms with Crippen LogP contribution in [-0.4, -0.2) is 9.97 Å². The molecule has 0 aliphatic rings. The summed E-state index contributed by atoms with van der Waals surface area (Å²) in [5.41, 5.74) is 4.06. The molecular weight excluding hydrogens is 345 g/mol. The number of aromatic nitrogens is 2. The third-order valence-electron chi connectivity index (χ3n) is 2.80. The van der Waals surface area contributed by atoms with Gasteiger partial charge < -0.3 is 7.43 Å². The SMILES string of the molecule is Cc1ccc2ccc3ccc(C)nc3c2n1.[CH3-].[Cl][Ru+]. The third kappa shape index (κ3) is 3.29. The van der Waals surface area contributed by atoms with Crippen molar-refractivity contribution in [1.29, 1.82) is 0 Å². The van der Waals surface area contributed by atoms with Crippen LogP contribution in [0.2, 0.25) is 0 Å². The van der Waals surface area contributed by atoms with Gasteiger partial charge in [0.2, 0.25) is 0 Å². The molecule has 0 N–H and O–H groups in total. The Bertz CT molecular complexity index is 637. The van der Waals surface area contributed by atoms with E-state index in [2.05, 4.69) is 43.9 Å². The first-order valence-corrected chi connectivity index (χ1v) is 7.75. The normalized spacial score (nSPS) is 9.68. The molecule has 0 unspecified atom stereocenters. The van der Waals surface area contributed by atoms with Gasteiger partial charge in [-0.25, -0.2) is 0 Å². The molecule has 0 atom stereocenters. The monoisotopic (exact) mass is 360 g/mol. The van der Waals surface area contributed by atoms with Gasteiger partial charge >= 0.3 is 27.0 Å². The first-order valence-electron chi connectivity index (χ1n) is 5.51. The zero-order chi connectivity index (χ0) is 13.1. The molecule has 1 aromatic carbocycles. The molecule has 0 bridgehead atoms. The molecule has 100 valence electrons. The second-order valence-corrected chi connectivity index (χ2v) is 4.11. The topological polar surface area (TPSA) is 25.8 Å². The van der Waals surface area contributed by atoms with Gasteiger partial charge in [0.1, 0.15) is 0 Å². The number of nitrogens with zero attached hydrogens (tertiary/aromatic N) is 2. The van der Waals surface area contributed by atoms with Crippen LogP contribution in [-0.2, 0) is 17.3 Å². The molecule has 2 heterocycles. The van der Waals surface area contributed by atoms with Gasteiger partial charge in [0.25, 0.3) is 0 Å². The van der Waals surface area contributed by atoms with Crippen molar-refractivity contribution in [3.8, 4) is 0 Å². The zero-order valence-corrected chi connectivity index (χ0v) is 13.6. The number of hydrogen-bond acceptors (Lipinski definition) is 2. The molecular formula is C15H15ClN2Ru. The van der Waals surface area contributed by atoms with Crippen LogP contribution < -0.4 is 0 Å². The Morgan fingerprint density at radius 1 is 0.737 bits per heavy atom. The minimum absolute atomic E-state index is 0. The standard InChI is InChI=1S/C14H12N2.CH3.ClH.Ru/c1-9-3-5-11-7-8-12-6-4-10(2)16-14(12)13(11)15-9;;;/h3-8H,1-2H3;1H3;1H;/q;-1;;+2/p-1. The van der Waals surface area contributed by atoms with Crippen molar-refractivity contribution >= 4 is 31.5 Å². The summed E-state index contributed by atoms with van der Waals surface area (Å²) in [4.78, 5) is 9.16. The predicted octanol–water partition coefficient (Wildman–Crippen LogP) is 4.54. The number of rotatable bonds is 0. The van der Waals surface area contributed by atoms with E-state index in [1.807, 2.05) is 43.3 Å². The average molecular weight is 360 g/mol. The summed E-state index contributed by atoms with van der Waals surface area (Å²) in [7, 11) is 4.57. The molecule has 0 saturated carbocycles. The van der Waals surface area contributed by atoms with Gasteiger partial charge in [0.05, 0.1) is 11.0 Å². The molecule has 0 aliphatic carbocycles. The molecule has 0 amide bonds. The Kier molecular flexibility index (Phi) is 5.84. The second kappa shape index (κ2) is 6.93.